The Balaban J connectivity index is 2.66. The van der Waals surface area contributed by atoms with Gasteiger partial charge in [-0.3, -0.25) is 4.79 Å². The number of aliphatic hydroxyl groups is 1. The molecule has 4 N–H and O–H groups in total. The third-order valence-electron chi connectivity index (χ3n) is 3.00. The minimum absolute atomic E-state index is 0.0720. The molecule has 6 nitrogen and oxygen atoms in total. The number of hydrogen-bond acceptors (Lipinski definition) is 4. The number of carboxylic acids is 1. The quantitative estimate of drug-likeness (QED) is 0.536. The van der Waals surface area contributed by atoms with Crippen molar-refractivity contribution in [3.05, 3.63) is 29.8 Å². The Kier molecular flexibility index (Phi) is 6.98. The molecule has 1 aromatic carbocycles. The van der Waals surface area contributed by atoms with Crippen LogP contribution >= 0.6 is 0 Å². The van der Waals surface area contributed by atoms with Gasteiger partial charge in [0.15, 0.2) is 0 Å². The maximum Gasteiger partial charge on any atom is 0.416 e. The fourth-order valence-corrected chi connectivity index (χ4v) is 1.86. The summed E-state index contributed by atoms with van der Waals surface area (Å²) in [6.45, 7) is 0.165. The third kappa shape index (κ3) is 6.66. The first-order valence-electron chi connectivity index (χ1n) is 6.86. The van der Waals surface area contributed by atoms with Gasteiger partial charge in [-0.05, 0) is 18.2 Å². The van der Waals surface area contributed by atoms with E-state index in [1.54, 1.807) is 0 Å². The van der Waals surface area contributed by atoms with Gasteiger partial charge < -0.3 is 25.6 Å². The summed E-state index contributed by atoms with van der Waals surface area (Å²) in [6.07, 6.45) is -4.64. The van der Waals surface area contributed by atoms with Crippen LogP contribution in [0.15, 0.2) is 24.3 Å². The average molecular weight is 334 g/mol. The molecule has 0 heterocycles. The summed E-state index contributed by atoms with van der Waals surface area (Å²) in [6, 6.07) is 2.87. The average Bonchev–Trinajstić information content (AvgIpc) is 2.45. The molecule has 128 valence electrons. The first-order valence-corrected chi connectivity index (χ1v) is 6.86. The lowest BCUT2D eigenvalue weighted by atomic mass is 10.1. The number of halogens is 3. The lowest BCUT2D eigenvalue weighted by Crippen LogP contribution is -2.93. The molecule has 0 unspecified atom stereocenters. The highest BCUT2D eigenvalue weighted by atomic mass is 19.4. The van der Waals surface area contributed by atoms with Crippen molar-refractivity contribution in [3.63, 3.8) is 0 Å². The lowest BCUT2D eigenvalue weighted by molar-refractivity contribution is -0.682. The molecule has 0 aliphatic rings. The van der Waals surface area contributed by atoms with E-state index in [2.05, 4.69) is 5.32 Å². The molecule has 0 saturated heterocycles. The second-order valence-corrected chi connectivity index (χ2v) is 4.86. The van der Waals surface area contributed by atoms with Gasteiger partial charge in [0, 0.05) is 18.7 Å². The molecule has 0 aliphatic carbocycles. The van der Waals surface area contributed by atoms with Gasteiger partial charge in [-0.15, -0.1) is 0 Å². The van der Waals surface area contributed by atoms with E-state index in [0.717, 1.165) is 18.2 Å². The van der Waals surface area contributed by atoms with Crippen molar-refractivity contribution in [2.24, 2.45) is 0 Å². The van der Waals surface area contributed by atoms with Gasteiger partial charge >= 0.3 is 6.18 Å². The highest BCUT2D eigenvalue weighted by Crippen LogP contribution is 2.30. The van der Waals surface area contributed by atoms with Crippen molar-refractivity contribution in [3.8, 4) is 0 Å². The largest absolute Gasteiger partial charge is 0.544 e. The zero-order chi connectivity index (χ0) is 17.5. The number of hydrogen-bond donors (Lipinski definition) is 3. The predicted octanol–water partition coefficient (Wildman–Crippen LogP) is -0.902. The minimum atomic E-state index is -4.54. The zero-order valence-corrected chi connectivity index (χ0v) is 12.1. The van der Waals surface area contributed by atoms with Crippen LogP contribution in [0.25, 0.3) is 0 Å². The highest BCUT2D eigenvalue weighted by molar-refractivity contribution is 5.93. The molecule has 1 rings (SSSR count). The van der Waals surface area contributed by atoms with Crippen molar-refractivity contribution >= 4 is 17.6 Å². The number of rotatable bonds is 8. The standard InChI is InChI=1S/C14H17F3N2O4/c15-14(16,17)9-3-1-4-10(7-9)19-12(21)8-11(13(22)23)18-5-2-6-20/h1,3-4,7,11,18,20H,2,5-6,8H2,(H,19,21)(H,22,23)/t11-/m0/s1. The van der Waals surface area contributed by atoms with Crippen LogP contribution in [0.1, 0.15) is 18.4 Å². The first kappa shape index (κ1) is 18.9. The Labute approximate surface area is 130 Å². The van der Waals surface area contributed by atoms with Crippen LogP contribution in [0.5, 0.6) is 0 Å². The van der Waals surface area contributed by atoms with E-state index >= 15 is 0 Å². The summed E-state index contributed by atoms with van der Waals surface area (Å²) in [5.41, 5.74) is -0.987. The van der Waals surface area contributed by atoms with E-state index in [0.29, 0.717) is 6.42 Å². The summed E-state index contributed by atoms with van der Waals surface area (Å²) in [5, 5.41) is 23.1. The molecule has 0 radical (unpaired) electrons. The molecule has 0 aromatic heterocycles. The Bertz CT molecular complexity index is 549. The molecular weight excluding hydrogens is 317 g/mol. The van der Waals surface area contributed by atoms with E-state index in [4.69, 9.17) is 5.11 Å². The lowest BCUT2D eigenvalue weighted by Gasteiger charge is -2.16. The summed E-state index contributed by atoms with van der Waals surface area (Å²) in [7, 11) is 0. The number of carbonyl (C=O) groups excluding carboxylic acids is 2. The number of benzene rings is 1. The van der Waals surface area contributed by atoms with E-state index in [1.165, 1.54) is 11.4 Å². The molecule has 23 heavy (non-hydrogen) atoms. The molecule has 0 saturated carbocycles. The summed E-state index contributed by atoms with van der Waals surface area (Å²) >= 11 is 0. The summed E-state index contributed by atoms with van der Waals surface area (Å²) < 4.78 is 37.7. The van der Waals surface area contributed by atoms with Crippen LogP contribution in [-0.2, 0) is 15.8 Å². The summed E-state index contributed by atoms with van der Waals surface area (Å²) in [4.78, 5) is 22.7. The molecule has 0 spiro atoms. The number of amides is 1. The Hall–Kier alpha value is -2.13. The normalized spacial score (nSPS) is 12.7. The number of aliphatic carboxylic acids is 1. The van der Waals surface area contributed by atoms with Crippen LogP contribution in [-0.4, -0.2) is 36.2 Å². The topological polar surface area (TPSA) is 106 Å². The van der Waals surface area contributed by atoms with Gasteiger partial charge in [0.05, 0.1) is 24.5 Å². The van der Waals surface area contributed by atoms with Gasteiger partial charge in [-0.2, -0.15) is 13.2 Å². The molecule has 0 bridgehead atoms. The molecular formula is C14H17F3N2O4. The number of anilines is 1. The van der Waals surface area contributed by atoms with E-state index in [-0.39, 0.29) is 18.8 Å². The highest BCUT2D eigenvalue weighted by Gasteiger charge is 2.30. The first-order chi connectivity index (χ1) is 10.7. The number of alkyl halides is 3. The van der Waals surface area contributed by atoms with E-state index < -0.39 is 36.1 Å². The van der Waals surface area contributed by atoms with Crippen molar-refractivity contribution in [1.29, 1.82) is 0 Å². The minimum Gasteiger partial charge on any atom is -0.544 e. The fourth-order valence-electron chi connectivity index (χ4n) is 1.86. The second kappa shape index (κ2) is 8.49. The van der Waals surface area contributed by atoms with E-state index in [9.17, 15) is 27.9 Å². The molecule has 0 aliphatic heterocycles. The molecule has 1 aromatic rings. The van der Waals surface area contributed by atoms with Crippen LogP contribution in [0.4, 0.5) is 18.9 Å². The van der Waals surface area contributed by atoms with Gasteiger partial charge in [-0.25, -0.2) is 0 Å². The van der Waals surface area contributed by atoms with E-state index in [1.807, 2.05) is 0 Å². The van der Waals surface area contributed by atoms with Crippen molar-refractivity contribution in [2.75, 3.05) is 18.5 Å². The molecule has 9 heteroatoms. The second-order valence-electron chi connectivity index (χ2n) is 4.86. The Morgan fingerprint density at radius 3 is 2.61 bits per heavy atom. The Morgan fingerprint density at radius 2 is 2.04 bits per heavy atom. The monoisotopic (exact) mass is 334 g/mol. The molecule has 0 fully saturated rings. The van der Waals surface area contributed by atoms with Gasteiger partial charge in [-0.1, -0.05) is 6.07 Å². The maximum atomic E-state index is 12.6. The number of nitrogens with one attached hydrogen (secondary N) is 1. The van der Waals surface area contributed by atoms with Gasteiger partial charge in [0.1, 0.15) is 6.04 Å². The number of quaternary nitrogens is 1. The van der Waals surface area contributed by atoms with Crippen molar-refractivity contribution < 1.29 is 38.3 Å². The predicted molar refractivity (Wildman–Crippen MR) is 72.0 cm³/mol. The smallest absolute Gasteiger partial charge is 0.416 e. The third-order valence-corrected chi connectivity index (χ3v) is 3.00. The van der Waals surface area contributed by atoms with Crippen LogP contribution in [0, 0.1) is 0 Å². The number of nitrogens with two attached hydrogens (primary N) is 1. The van der Waals surface area contributed by atoms with Gasteiger partial charge in [0.25, 0.3) is 0 Å². The molecule has 1 amide bonds. The number of carboxylic acid groups (broad SMARTS) is 1. The van der Waals surface area contributed by atoms with Crippen molar-refractivity contribution in [2.45, 2.75) is 25.1 Å². The van der Waals surface area contributed by atoms with Gasteiger partial charge in [0.2, 0.25) is 5.91 Å². The summed E-state index contributed by atoms with van der Waals surface area (Å²) in [5.74, 6) is -2.19. The van der Waals surface area contributed by atoms with Crippen molar-refractivity contribution in [1.82, 2.24) is 0 Å². The SMILES string of the molecule is O=C(C[C@H]([NH2+]CCCO)C(=O)[O-])Nc1cccc(C(F)(F)F)c1. The number of aliphatic hydroxyl groups excluding tert-OH is 1. The fraction of sp³-hybridized carbons (Fsp3) is 0.429. The number of carbonyl (C=O) groups is 2. The Morgan fingerprint density at radius 1 is 1.35 bits per heavy atom. The van der Waals surface area contributed by atoms with Crippen LogP contribution in [0.2, 0.25) is 0 Å². The molecule has 1 atom stereocenters. The van der Waals surface area contributed by atoms with Crippen LogP contribution < -0.4 is 15.7 Å². The maximum absolute atomic E-state index is 12.6. The zero-order valence-electron chi connectivity index (χ0n) is 12.1. The van der Waals surface area contributed by atoms with Crippen LogP contribution in [0.3, 0.4) is 0 Å².